The van der Waals surface area contributed by atoms with Gasteiger partial charge >= 0.3 is 6.18 Å². The van der Waals surface area contributed by atoms with Crippen LogP contribution in [0.15, 0.2) is 48.7 Å². The van der Waals surface area contributed by atoms with Crippen molar-refractivity contribution in [2.45, 2.75) is 26.4 Å². The number of halogens is 3. The van der Waals surface area contributed by atoms with Crippen molar-refractivity contribution in [3.05, 3.63) is 76.7 Å². The van der Waals surface area contributed by atoms with Crippen LogP contribution in [-0.4, -0.2) is 27.2 Å². The molecule has 0 spiro atoms. The van der Waals surface area contributed by atoms with Gasteiger partial charge in [-0.05, 0) is 62.2 Å². The molecule has 0 bridgehead atoms. The zero-order chi connectivity index (χ0) is 20.3. The average Bonchev–Trinajstić information content (AvgIpc) is 2.96. The predicted octanol–water partition coefficient (Wildman–Crippen LogP) is 3.88. The maximum absolute atomic E-state index is 12.6. The topological polar surface area (TPSA) is 59.8 Å². The highest BCUT2D eigenvalue weighted by Gasteiger charge is 2.30. The van der Waals surface area contributed by atoms with E-state index in [1.54, 1.807) is 10.9 Å². The number of amides is 1. The monoisotopic (exact) mass is 388 g/mol. The van der Waals surface area contributed by atoms with Gasteiger partial charge < -0.3 is 5.32 Å². The summed E-state index contributed by atoms with van der Waals surface area (Å²) < 4.78 is 39.5. The van der Waals surface area contributed by atoms with Crippen LogP contribution in [0.4, 0.5) is 13.2 Å². The summed E-state index contributed by atoms with van der Waals surface area (Å²) >= 11 is 0. The molecule has 0 saturated heterocycles. The molecule has 2 aromatic heterocycles. The molecule has 3 rings (SSSR count). The fraction of sp³-hybridized carbons (Fsp3) is 0.250. The molecule has 0 aliphatic carbocycles. The molecule has 8 heteroatoms. The highest BCUT2D eigenvalue weighted by molar-refractivity contribution is 5.94. The lowest BCUT2D eigenvalue weighted by Crippen LogP contribution is -2.26. The molecule has 0 atom stereocenters. The average molecular weight is 388 g/mol. The van der Waals surface area contributed by atoms with E-state index in [1.807, 2.05) is 32.0 Å². The maximum atomic E-state index is 12.6. The molecule has 1 N–H and O–H groups in total. The number of hydrogen-bond acceptors (Lipinski definition) is 3. The van der Waals surface area contributed by atoms with Crippen molar-refractivity contribution in [2.24, 2.45) is 0 Å². The minimum absolute atomic E-state index is 0.186. The van der Waals surface area contributed by atoms with E-state index in [4.69, 9.17) is 0 Å². The van der Waals surface area contributed by atoms with E-state index in [1.165, 1.54) is 12.1 Å². The summed E-state index contributed by atoms with van der Waals surface area (Å²) in [6, 6.07) is 9.72. The number of aromatic nitrogens is 3. The number of benzene rings is 1. The molecular weight excluding hydrogens is 369 g/mol. The van der Waals surface area contributed by atoms with Gasteiger partial charge in [0.15, 0.2) is 5.82 Å². The highest BCUT2D eigenvalue weighted by atomic mass is 19.4. The first-order valence-electron chi connectivity index (χ1n) is 8.69. The van der Waals surface area contributed by atoms with E-state index in [0.717, 1.165) is 29.1 Å². The number of carbonyl (C=O) groups is 1. The largest absolute Gasteiger partial charge is 0.416 e. The number of aryl methyl sites for hydroxylation is 1. The quantitative estimate of drug-likeness (QED) is 0.722. The minimum Gasteiger partial charge on any atom is -0.352 e. The molecule has 0 radical (unpaired) electrons. The third-order valence-electron chi connectivity index (χ3n) is 4.44. The summed E-state index contributed by atoms with van der Waals surface area (Å²) in [7, 11) is 0. The molecule has 28 heavy (non-hydrogen) atoms. The van der Waals surface area contributed by atoms with Gasteiger partial charge in [-0.25, -0.2) is 9.67 Å². The molecule has 2 heterocycles. The van der Waals surface area contributed by atoms with Crippen LogP contribution in [0.1, 0.15) is 32.9 Å². The Hall–Kier alpha value is -3.16. The first kappa shape index (κ1) is 19.6. The van der Waals surface area contributed by atoms with E-state index < -0.39 is 17.6 Å². The van der Waals surface area contributed by atoms with Crippen LogP contribution in [0.3, 0.4) is 0 Å². The molecule has 0 aliphatic heterocycles. The Morgan fingerprint density at radius 2 is 1.82 bits per heavy atom. The van der Waals surface area contributed by atoms with Gasteiger partial charge in [0.25, 0.3) is 5.91 Å². The van der Waals surface area contributed by atoms with Crippen LogP contribution >= 0.6 is 0 Å². The second-order valence-corrected chi connectivity index (χ2v) is 6.33. The van der Waals surface area contributed by atoms with E-state index >= 15 is 0 Å². The van der Waals surface area contributed by atoms with Gasteiger partial charge in [-0.1, -0.05) is 6.07 Å². The fourth-order valence-corrected chi connectivity index (χ4v) is 2.95. The Labute approximate surface area is 160 Å². The summed E-state index contributed by atoms with van der Waals surface area (Å²) in [5.41, 5.74) is 2.17. The van der Waals surface area contributed by atoms with E-state index in [0.29, 0.717) is 18.8 Å². The Morgan fingerprint density at radius 3 is 2.43 bits per heavy atom. The predicted molar refractivity (Wildman–Crippen MR) is 98.3 cm³/mol. The van der Waals surface area contributed by atoms with Crippen LogP contribution in [0, 0.1) is 13.8 Å². The van der Waals surface area contributed by atoms with Crippen molar-refractivity contribution >= 4 is 5.91 Å². The second-order valence-electron chi connectivity index (χ2n) is 6.33. The lowest BCUT2D eigenvalue weighted by molar-refractivity contribution is -0.137. The Balaban J connectivity index is 1.64. The normalized spacial score (nSPS) is 11.5. The fourth-order valence-electron chi connectivity index (χ4n) is 2.95. The van der Waals surface area contributed by atoms with Crippen molar-refractivity contribution in [1.29, 1.82) is 0 Å². The number of pyridine rings is 1. The van der Waals surface area contributed by atoms with Gasteiger partial charge in [-0.3, -0.25) is 4.79 Å². The van der Waals surface area contributed by atoms with Gasteiger partial charge in [0, 0.05) is 24.0 Å². The summed E-state index contributed by atoms with van der Waals surface area (Å²) in [6.07, 6.45) is -2.18. The van der Waals surface area contributed by atoms with Crippen molar-refractivity contribution in [1.82, 2.24) is 20.1 Å². The van der Waals surface area contributed by atoms with E-state index in [2.05, 4.69) is 15.4 Å². The van der Waals surface area contributed by atoms with Crippen molar-refractivity contribution in [3.8, 4) is 5.82 Å². The first-order valence-corrected chi connectivity index (χ1v) is 8.69. The van der Waals surface area contributed by atoms with E-state index in [9.17, 15) is 18.0 Å². The second kappa shape index (κ2) is 7.84. The molecule has 5 nitrogen and oxygen atoms in total. The number of rotatable bonds is 5. The number of hydrogen-bond donors (Lipinski definition) is 1. The Bertz CT molecular complexity index is 964. The molecule has 0 saturated carbocycles. The van der Waals surface area contributed by atoms with Crippen LogP contribution in [0.25, 0.3) is 5.82 Å². The minimum atomic E-state index is -4.42. The van der Waals surface area contributed by atoms with Crippen LogP contribution in [0.5, 0.6) is 0 Å². The molecule has 0 aliphatic rings. The lowest BCUT2D eigenvalue weighted by Gasteiger charge is -2.09. The van der Waals surface area contributed by atoms with Gasteiger partial charge in [0.2, 0.25) is 0 Å². The third-order valence-corrected chi connectivity index (χ3v) is 4.44. The summed E-state index contributed by atoms with van der Waals surface area (Å²) in [6.45, 7) is 4.16. The molecule has 3 aromatic rings. The van der Waals surface area contributed by atoms with Crippen molar-refractivity contribution in [3.63, 3.8) is 0 Å². The number of carbonyl (C=O) groups excluding carboxylic acids is 1. The number of alkyl halides is 3. The zero-order valence-electron chi connectivity index (χ0n) is 15.4. The SMILES string of the molecule is Cc1nn(-c2ccccn2)c(C)c1CCNC(=O)c1ccc(C(F)(F)F)cc1. The summed E-state index contributed by atoms with van der Waals surface area (Å²) in [5.74, 6) is 0.296. The highest BCUT2D eigenvalue weighted by Crippen LogP contribution is 2.29. The smallest absolute Gasteiger partial charge is 0.352 e. The number of nitrogens with zero attached hydrogens (tertiary/aromatic N) is 3. The molecule has 0 fully saturated rings. The zero-order valence-corrected chi connectivity index (χ0v) is 15.4. The molecule has 1 amide bonds. The molecule has 1 aromatic carbocycles. The molecule has 0 unspecified atom stereocenters. The maximum Gasteiger partial charge on any atom is 0.416 e. The van der Waals surface area contributed by atoms with Crippen LogP contribution in [0.2, 0.25) is 0 Å². The van der Waals surface area contributed by atoms with Crippen molar-refractivity contribution in [2.75, 3.05) is 6.54 Å². The Morgan fingerprint density at radius 1 is 1.11 bits per heavy atom. The van der Waals surface area contributed by atoms with Crippen LogP contribution < -0.4 is 5.32 Å². The standard InChI is InChI=1S/C20H19F3N4O/c1-13-17(14(2)27(26-13)18-5-3-4-11-24-18)10-12-25-19(28)15-6-8-16(9-7-15)20(21,22)23/h3-9,11H,10,12H2,1-2H3,(H,25,28). The first-order chi connectivity index (χ1) is 13.3. The van der Waals surface area contributed by atoms with Gasteiger partial charge in [-0.2, -0.15) is 18.3 Å². The van der Waals surface area contributed by atoms with Crippen LogP contribution in [-0.2, 0) is 12.6 Å². The summed E-state index contributed by atoms with van der Waals surface area (Å²) in [4.78, 5) is 16.5. The summed E-state index contributed by atoms with van der Waals surface area (Å²) in [5, 5.41) is 7.24. The van der Waals surface area contributed by atoms with Gasteiger partial charge in [-0.15, -0.1) is 0 Å². The third kappa shape index (κ3) is 4.21. The van der Waals surface area contributed by atoms with Gasteiger partial charge in [0.1, 0.15) is 0 Å². The van der Waals surface area contributed by atoms with Crippen molar-refractivity contribution < 1.29 is 18.0 Å². The van der Waals surface area contributed by atoms with E-state index in [-0.39, 0.29) is 5.56 Å². The lowest BCUT2D eigenvalue weighted by atomic mass is 10.1. The molecular formula is C20H19F3N4O. The molecule has 146 valence electrons. The Kier molecular flexibility index (Phi) is 5.48. The van der Waals surface area contributed by atoms with Gasteiger partial charge in [0.05, 0.1) is 11.3 Å². The number of nitrogens with one attached hydrogen (secondary N) is 1.